The van der Waals surface area contributed by atoms with Crippen LogP contribution in [0.4, 0.5) is 17.5 Å². The smallest absolute Gasteiger partial charge is 0.251 e. The number of hydrogen-bond donors (Lipinski definition) is 3. The monoisotopic (exact) mass is 530 g/mol. The Morgan fingerprint density at radius 2 is 1.94 bits per heavy atom. The first-order valence-electron chi connectivity index (χ1n) is 11.8. The topological polar surface area (TPSA) is 126 Å². The number of benzene rings is 1. The summed E-state index contributed by atoms with van der Waals surface area (Å²) < 4.78 is 5.50. The van der Waals surface area contributed by atoms with E-state index in [1.54, 1.807) is 29.0 Å². The first kappa shape index (κ1) is 26.2. The van der Waals surface area contributed by atoms with Crippen LogP contribution in [0.1, 0.15) is 46.9 Å². The molecule has 1 aromatic heterocycles. The van der Waals surface area contributed by atoms with Crippen LogP contribution >= 0.6 is 21.6 Å². The molecule has 0 saturated carbocycles. The summed E-state index contributed by atoms with van der Waals surface area (Å²) >= 11 is 0. The fraction of sp³-hybridized carbons (Fsp3) is 0.458. The minimum absolute atomic E-state index is 0.149. The maximum Gasteiger partial charge on any atom is 0.251 e. The van der Waals surface area contributed by atoms with Crippen molar-refractivity contribution in [3.8, 4) is 5.75 Å². The number of nitrogens with zero attached hydrogens (tertiary/aromatic N) is 3. The van der Waals surface area contributed by atoms with Crippen molar-refractivity contribution in [3.05, 3.63) is 35.5 Å². The Kier molecular flexibility index (Phi) is 8.70. The first-order chi connectivity index (χ1) is 17.3. The van der Waals surface area contributed by atoms with E-state index >= 15 is 0 Å². The molecule has 2 aliphatic heterocycles. The summed E-state index contributed by atoms with van der Waals surface area (Å²) in [5.74, 6) is 1.11. The number of ether oxygens (including phenoxy) is 1. The second-order valence-electron chi connectivity index (χ2n) is 8.79. The molecule has 1 unspecified atom stereocenters. The molecular formula is C24H30N6O4S2. The number of carbonyl (C=O) groups excluding carboxylic acids is 3. The van der Waals surface area contributed by atoms with Crippen molar-refractivity contribution in [2.45, 2.75) is 37.5 Å². The minimum Gasteiger partial charge on any atom is -0.495 e. The molecule has 2 saturated heterocycles. The number of aromatic nitrogens is 2. The number of methoxy groups -OCH3 is 1. The molecule has 2 aromatic rings. The quantitative estimate of drug-likeness (QED) is 0.346. The standard InChI is InChI=1S/C24H30N6O4S2/c1-14(31)17-13-25-24(29-21(17)28-23(33)20-8-11-35-36-20)27-18-5-4-15(12-19(18)34-3)22(32)26-16-6-9-30(2)10-7-16/h4-5,12-13,16,20H,6-11H2,1-3H3,(H,26,32)(H2,25,27,28,29,33). The number of hydrogen-bond acceptors (Lipinski definition) is 10. The molecule has 0 bridgehead atoms. The molecule has 0 radical (unpaired) electrons. The number of piperidine rings is 1. The van der Waals surface area contributed by atoms with E-state index in [9.17, 15) is 14.4 Å². The largest absolute Gasteiger partial charge is 0.495 e. The van der Waals surface area contributed by atoms with E-state index in [1.807, 2.05) is 0 Å². The molecule has 0 aliphatic carbocycles. The summed E-state index contributed by atoms with van der Waals surface area (Å²) in [5, 5.41) is 8.77. The molecule has 3 heterocycles. The lowest BCUT2D eigenvalue weighted by atomic mass is 10.0. The van der Waals surface area contributed by atoms with Gasteiger partial charge in [0.15, 0.2) is 5.78 Å². The minimum atomic E-state index is -0.247. The number of rotatable bonds is 8. The average molecular weight is 531 g/mol. The third-order valence-electron chi connectivity index (χ3n) is 6.11. The lowest BCUT2D eigenvalue weighted by Crippen LogP contribution is -2.43. The van der Waals surface area contributed by atoms with Crippen molar-refractivity contribution < 1.29 is 19.1 Å². The summed E-state index contributed by atoms with van der Waals surface area (Å²) in [6.45, 7) is 3.32. The van der Waals surface area contributed by atoms with Gasteiger partial charge >= 0.3 is 0 Å². The third-order valence-corrected chi connectivity index (χ3v) is 8.94. The van der Waals surface area contributed by atoms with Gasteiger partial charge in [-0.25, -0.2) is 4.98 Å². The van der Waals surface area contributed by atoms with Crippen molar-refractivity contribution in [2.24, 2.45) is 0 Å². The summed E-state index contributed by atoms with van der Waals surface area (Å²) in [6, 6.07) is 5.24. The Morgan fingerprint density at radius 3 is 2.61 bits per heavy atom. The molecule has 2 aliphatic rings. The van der Waals surface area contributed by atoms with E-state index in [0.29, 0.717) is 17.0 Å². The van der Waals surface area contributed by atoms with Crippen molar-refractivity contribution in [1.82, 2.24) is 20.2 Å². The van der Waals surface area contributed by atoms with Crippen molar-refractivity contribution >= 4 is 56.6 Å². The van der Waals surface area contributed by atoms with Crippen LogP contribution in [0.25, 0.3) is 0 Å². The number of Topliss-reactive ketones (excluding diaryl/α,β-unsaturated/α-hetero) is 1. The van der Waals surface area contributed by atoms with Gasteiger partial charge < -0.3 is 25.6 Å². The van der Waals surface area contributed by atoms with Crippen LogP contribution in [-0.2, 0) is 4.79 Å². The van der Waals surface area contributed by atoms with Crippen molar-refractivity contribution in [1.29, 1.82) is 0 Å². The predicted molar refractivity (Wildman–Crippen MR) is 143 cm³/mol. The lowest BCUT2D eigenvalue weighted by molar-refractivity contribution is -0.115. The highest BCUT2D eigenvalue weighted by Crippen LogP contribution is 2.38. The SMILES string of the molecule is COc1cc(C(=O)NC2CCN(C)CC2)ccc1Nc1ncc(C(C)=O)c(NC(=O)C2CCSS2)n1. The molecule has 2 fully saturated rings. The van der Waals surface area contributed by atoms with Gasteiger partial charge in [0.2, 0.25) is 11.9 Å². The highest BCUT2D eigenvalue weighted by molar-refractivity contribution is 8.77. The average Bonchev–Trinajstić information content (AvgIpc) is 3.41. The van der Waals surface area contributed by atoms with E-state index in [1.165, 1.54) is 31.0 Å². The molecule has 1 atom stereocenters. The summed E-state index contributed by atoms with van der Waals surface area (Å²) in [5.41, 5.74) is 1.27. The van der Waals surface area contributed by atoms with Gasteiger partial charge in [-0.05, 0) is 64.5 Å². The van der Waals surface area contributed by atoms with E-state index in [-0.39, 0.29) is 46.2 Å². The fourth-order valence-corrected chi connectivity index (χ4v) is 6.70. The van der Waals surface area contributed by atoms with Crippen LogP contribution in [-0.4, -0.2) is 76.8 Å². The van der Waals surface area contributed by atoms with Crippen LogP contribution < -0.4 is 20.7 Å². The summed E-state index contributed by atoms with van der Waals surface area (Å²) in [6.07, 6.45) is 3.99. The Bertz CT molecular complexity index is 1130. The van der Waals surface area contributed by atoms with E-state index in [0.717, 1.165) is 38.1 Å². The maximum absolute atomic E-state index is 12.8. The Balaban J connectivity index is 1.49. The number of likely N-dealkylation sites (tertiary alicyclic amines) is 1. The Hall–Kier alpha value is -2.83. The highest BCUT2D eigenvalue weighted by atomic mass is 33.1. The molecule has 10 nitrogen and oxygen atoms in total. The maximum atomic E-state index is 12.8. The second-order valence-corrected chi connectivity index (χ2v) is 11.5. The van der Waals surface area contributed by atoms with E-state index in [4.69, 9.17) is 4.74 Å². The second kappa shape index (κ2) is 11.9. The van der Waals surface area contributed by atoms with Crippen molar-refractivity contribution in [2.75, 3.05) is 43.6 Å². The van der Waals surface area contributed by atoms with E-state index in [2.05, 4.69) is 37.9 Å². The molecule has 4 rings (SSSR count). The van der Waals surface area contributed by atoms with Crippen LogP contribution in [0.2, 0.25) is 0 Å². The zero-order valence-electron chi connectivity index (χ0n) is 20.5. The van der Waals surface area contributed by atoms with Crippen LogP contribution in [0, 0.1) is 0 Å². The van der Waals surface area contributed by atoms with Gasteiger partial charge in [-0.3, -0.25) is 14.4 Å². The number of anilines is 3. The lowest BCUT2D eigenvalue weighted by Gasteiger charge is -2.29. The predicted octanol–water partition coefficient (Wildman–Crippen LogP) is 3.35. The van der Waals surface area contributed by atoms with Gasteiger partial charge in [-0.15, -0.1) is 0 Å². The molecule has 192 valence electrons. The molecule has 36 heavy (non-hydrogen) atoms. The zero-order valence-corrected chi connectivity index (χ0v) is 22.1. The van der Waals surface area contributed by atoms with Crippen LogP contribution in [0.5, 0.6) is 5.75 Å². The summed E-state index contributed by atoms with van der Waals surface area (Å²) in [4.78, 5) is 48.4. The number of nitrogens with one attached hydrogen (secondary N) is 3. The highest BCUT2D eigenvalue weighted by Gasteiger charge is 2.26. The van der Waals surface area contributed by atoms with Crippen LogP contribution in [0.3, 0.4) is 0 Å². The molecule has 2 amide bonds. The molecule has 3 N–H and O–H groups in total. The van der Waals surface area contributed by atoms with Gasteiger partial charge in [0.05, 0.1) is 23.6 Å². The Labute approximate surface area is 218 Å². The van der Waals surface area contributed by atoms with E-state index < -0.39 is 0 Å². The molecule has 0 spiro atoms. The zero-order chi connectivity index (χ0) is 25.7. The van der Waals surface area contributed by atoms with Crippen LogP contribution in [0.15, 0.2) is 24.4 Å². The first-order valence-corrected chi connectivity index (χ1v) is 14.1. The van der Waals surface area contributed by atoms with Gasteiger partial charge in [0.25, 0.3) is 5.91 Å². The summed E-state index contributed by atoms with van der Waals surface area (Å²) in [7, 11) is 6.77. The molecule has 12 heteroatoms. The van der Waals surface area contributed by atoms with Gasteiger partial charge in [-0.2, -0.15) is 4.98 Å². The number of carbonyl (C=O) groups is 3. The molecular weight excluding hydrogens is 500 g/mol. The number of ketones is 1. The van der Waals surface area contributed by atoms with Gasteiger partial charge in [-0.1, -0.05) is 21.6 Å². The fourth-order valence-electron chi connectivity index (χ4n) is 3.98. The van der Waals surface area contributed by atoms with Gasteiger partial charge in [0, 0.05) is 23.6 Å². The third kappa shape index (κ3) is 6.48. The van der Waals surface area contributed by atoms with Gasteiger partial charge in [0.1, 0.15) is 11.6 Å². The Morgan fingerprint density at radius 1 is 1.17 bits per heavy atom. The van der Waals surface area contributed by atoms with Crippen molar-refractivity contribution in [3.63, 3.8) is 0 Å². The normalized spacial score (nSPS) is 18.5. The number of amides is 2. The molecule has 1 aromatic carbocycles.